The summed E-state index contributed by atoms with van der Waals surface area (Å²) in [7, 11) is 0. The van der Waals surface area contributed by atoms with Crippen LogP contribution in [0.2, 0.25) is 0 Å². The lowest BCUT2D eigenvalue weighted by Crippen LogP contribution is -2.17. The van der Waals surface area contributed by atoms with E-state index in [1.165, 1.54) is 24.2 Å². The van der Waals surface area contributed by atoms with Crippen molar-refractivity contribution in [1.82, 2.24) is 15.1 Å². The lowest BCUT2D eigenvalue weighted by molar-refractivity contribution is 0.569. The Hall–Kier alpha value is -0.350. The number of nitrogens with zero attached hydrogens (tertiary/aromatic N) is 2. The molecule has 0 aliphatic carbocycles. The van der Waals surface area contributed by atoms with Crippen LogP contribution in [0.15, 0.2) is 6.07 Å². The fourth-order valence-electron chi connectivity index (χ4n) is 1.66. The normalized spacial score (nSPS) is 10.9. The molecule has 3 nitrogen and oxygen atoms in total. The summed E-state index contributed by atoms with van der Waals surface area (Å²) in [4.78, 5) is 0. The molecule has 0 aliphatic heterocycles. The molecular weight excluding hydrogens is 266 g/mol. The highest BCUT2D eigenvalue weighted by molar-refractivity contribution is 9.09. The maximum absolute atomic E-state index is 4.53. The molecule has 92 valence electrons. The summed E-state index contributed by atoms with van der Waals surface area (Å²) in [6.45, 7) is 7.26. The molecule has 0 unspecified atom stereocenters. The molecule has 0 aliphatic rings. The van der Waals surface area contributed by atoms with Gasteiger partial charge in [0.25, 0.3) is 0 Å². The van der Waals surface area contributed by atoms with Gasteiger partial charge in [0.05, 0.1) is 11.4 Å². The van der Waals surface area contributed by atoms with E-state index in [9.17, 15) is 0 Å². The molecule has 0 spiro atoms. The fourth-order valence-corrected chi connectivity index (χ4v) is 2.06. The van der Waals surface area contributed by atoms with Crippen LogP contribution in [0.3, 0.4) is 0 Å². The van der Waals surface area contributed by atoms with Crippen molar-refractivity contribution in [3.05, 3.63) is 17.5 Å². The van der Waals surface area contributed by atoms with Crippen molar-refractivity contribution in [3.8, 4) is 0 Å². The smallest absolute Gasteiger partial charge is 0.0625 e. The zero-order valence-corrected chi connectivity index (χ0v) is 11.9. The minimum absolute atomic E-state index is 0.934. The van der Waals surface area contributed by atoms with Crippen LogP contribution >= 0.6 is 15.9 Å². The molecular formula is C12H22BrN3. The average Bonchev–Trinajstić information content (AvgIpc) is 2.71. The lowest BCUT2D eigenvalue weighted by Gasteiger charge is -2.05. The number of hydrogen-bond acceptors (Lipinski definition) is 2. The molecule has 0 saturated heterocycles. The van der Waals surface area contributed by atoms with Gasteiger partial charge in [-0.05, 0) is 38.8 Å². The van der Waals surface area contributed by atoms with Gasteiger partial charge in [-0.1, -0.05) is 22.9 Å². The number of rotatable bonds is 8. The van der Waals surface area contributed by atoms with Gasteiger partial charge in [0.15, 0.2) is 0 Å². The van der Waals surface area contributed by atoms with Crippen LogP contribution in [0.1, 0.15) is 38.1 Å². The monoisotopic (exact) mass is 287 g/mol. The van der Waals surface area contributed by atoms with Gasteiger partial charge < -0.3 is 5.32 Å². The van der Waals surface area contributed by atoms with E-state index in [1.807, 2.05) is 0 Å². The summed E-state index contributed by atoms with van der Waals surface area (Å²) in [5.74, 6) is 0. The Balaban J connectivity index is 2.37. The van der Waals surface area contributed by atoms with Crippen LogP contribution in [0.5, 0.6) is 0 Å². The largest absolute Gasteiger partial charge is 0.311 e. The van der Waals surface area contributed by atoms with Gasteiger partial charge in [0.1, 0.15) is 0 Å². The third-order valence-corrected chi connectivity index (χ3v) is 3.18. The first-order valence-electron chi connectivity index (χ1n) is 6.14. The maximum Gasteiger partial charge on any atom is 0.0625 e. The molecule has 1 rings (SSSR count). The van der Waals surface area contributed by atoms with Crippen LogP contribution in [0.4, 0.5) is 0 Å². The highest BCUT2D eigenvalue weighted by Crippen LogP contribution is 2.05. The zero-order chi connectivity index (χ0) is 11.8. The van der Waals surface area contributed by atoms with E-state index < -0.39 is 0 Å². The minimum Gasteiger partial charge on any atom is -0.311 e. The van der Waals surface area contributed by atoms with Crippen LogP contribution < -0.4 is 5.32 Å². The zero-order valence-electron chi connectivity index (χ0n) is 10.3. The SMILES string of the molecule is CCc1cc(CNCCCCBr)n(CC)n1. The predicted octanol–water partition coefficient (Wildman–Crippen LogP) is 2.73. The first-order chi connectivity index (χ1) is 7.81. The molecule has 1 N–H and O–H groups in total. The second-order valence-corrected chi connectivity index (χ2v) is 4.66. The Morgan fingerprint density at radius 1 is 1.38 bits per heavy atom. The van der Waals surface area contributed by atoms with Gasteiger partial charge >= 0.3 is 0 Å². The molecule has 0 fully saturated rings. The van der Waals surface area contributed by atoms with Gasteiger partial charge in [-0.25, -0.2) is 0 Å². The van der Waals surface area contributed by atoms with Gasteiger partial charge in [0, 0.05) is 18.4 Å². The van der Waals surface area contributed by atoms with E-state index in [1.54, 1.807) is 0 Å². The van der Waals surface area contributed by atoms with Crippen molar-refractivity contribution in [2.24, 2.45) is 0 Å². The number of unbranched alkanes of at least 4 members (excludes halogenated alkanes) is 1. The molecule has 0 amide bonds. The van der Waals surface area contributed by atoms with Crippen LogP contribution in [-0.2, 0) is 19.5 Å². The second kappa shape index (κ2) is 7.85. The topological polar surface area (TPSA) is 29.9 Å². The number of hydrogen-bond donors (Lipinski definition) is 1. The number of aromatic nitrogens is 2. The van der Waals surface area contributed by atoms with E-state index in [-0.39, 0.29) is 0 Å². The third kappa shape index (κ3) is 4.26. The van der Waals surface area contributed by atoms with Crippen LogP contribution in [0, 0.1) is 0 Å². The molecule has 16 heavy (non-hydrogen) atoms. The van der Waals surface area contributed by atoms with Gasteiger partial charge in [-0.15, -0.1) is 0 Å². The first kappa shape index (κ1) is 13.7. The fraction of sp³-hybridized carbons (Fsp3) is 0.750. The lowest BCUT2D eigenvalue weighted by atomic mass is 10.3. The summed E-state index contributed by atoms with van der Waals surface area (Å²) in [6.07, 6.45) is 3.48. The van der Waals surface area contributed by atoms with E-state index in [0.717, 1.165) is 31.4 Å². The standard InChI is InChI=1S/C12H22BrN3/c1-3-11-9-12(16(4-2)15-11)10-14-8-6-5-7-13/h9,14H,3-8,10H2,1-2H3. The van der Waals surface area contributed by atoms with Crippen LogP contribution in [-0.4, -0.2) is 21.7 Å². The maximum atomic E-state index is 4.53. The third-order valence-electron chi connectivity index (χ3n) is 2.62. The Labute approximate surface area is 107 Å². The minimum atomic E-state index is 0.934. The van der Waals surface area contributed by atoms with Crippen molar-refractivity contribution in [3.63, 3.8) is 0 Å². The van der Waals surface area contributed by atoms with Crippen molar-refractivity contribution < 1.29 is 0 Å². The molecule has 0 atom stereocenters. The molecule has 0 aromatic carbocycles. The summed E-state index contributed by atoms with van der Waals surface area (Å²) < 4.78 is 2.09. The number of nitrogens with one attached hydrogen (secondary N) is 1. The molecule has 4 heteroatoms. The van der Waals surface area contributed by atoms with Crippen molar-refractivity contribution in [2.75, 3.05) is 11.9 Å². The quantitative estimate of drug-likeness (QED) is 0.589. The van der Waals surface area contributed by atoms with E-state index in [2.05, 4.69) is 50.9 Å². The Morgan fingerprint density at radius 2 is 2.19 bits per heavy atom. The molecule has 1 aromatic rings. The second-order valence-electron chi connectivity index (χ2n) is 3.87. The average molecular weight is 288 g/mol. The number of halogens is 1. The van der Waals surface area contributed by atoms with Crippen molar-refractivity contribution >= 4 is 15.9 Å². The Morgan fingerprint density at radius 3 is 2.81 bits per heavy atom. The molecule has 0 radical (unpaired) electrons. The molecule has 0 saturated carbocycles. The summed E-state index contributed by atoms with van der Waals surface area (Å²) in [5, 5.41) is 9.10. The molecule has 0 bridgehead atoms. The van der Waals surface area contributed by atoms with E-state index in [4.69, 9.17) is 0 Å². The van der Waals surface area contributed by atoms with Crippen molar-refractivity contribution in [2.45, 2.75) is 46.2 Å². The highest BCUT2D eigenvalue weighted by Gasteiger charge is 2.04. The van der Waals surface area contributed by atoms with Gasteiger partial charge in [0.2, 0.25) is 0 Å². The first-order valence-corrected chi connectivity index (χ1v) is 7.26. The van der Waals surface area contributed by atoms with Gasteiger partial charge in [-0.3, -0.25) is 4.68 Å². The van der Waals surface area contributed by atoms with E-state index >= 15 is 0 Å². The number of aryl methyl sites for hydroxylation is 2. The molecule has 1 aromatic heterocycles. The summed E-state index contributed by atoms with van der Waals surface area (Å²) in [5.41, 5.74) is 2.50. The van der Waals surface area contributed by atoms with Crippen LogP contribution in [0.25, 0.3) is 0 Å². The highest BCUT2D eigenvalue weighted by atomic mass is 79.9. The summed E-state index contributed by atoms with van der Waals surface area (Å²) in [6, 6.07) is 2.21. The van der Waals surface area contributed by atoms with Gasteiger partial charge in [-0.2, -0.15) is 5.10 Å². The summed E-state index contributed by atoms with van der Waals surface area (Å²) >= 11 is 3.44. The Kier molecular flexibility index (Phi) is 6.73. The van der Waals surface area contributed by atoms with E-state index in [0.29, 0.717) is 0 Å². The Bertz CT molecular complexity index is 296. The van der Waals surface area contributed by atoms with Crippen molar-refractivity contribution in [1.29, 1.82) is 0 Å². The molecule has 1 heterocycles. The number of alkyl halides is 1. The predicted molar refractivity (Wildman–Crippen MR) is 72.0 cm³/mol.